The monoisotopic (exact) mass is 236 g/mol. The van der Waals surface area contributed by atoms with Crippen LogP contribution in [0.5, 0.6) is 0 Å². The summed E-state index contributed by atoms with van der Waals surface area (Å²) in [5, 5.41) is 2.37. The van der Waals surface area contributed by atoms with Crippen LogP contribution in [0.25, 0.3) is 0 Å². The van der Waals surface area contributed by atoms with E-state index < -0.39 is 11.8 Å². The number of hydrogen-bond donors (Lipinski definition) is 2. The Hall–Kier alpha value is -2.24. The number of primary amides is 1. The Morgan fingerprint density at radius 1 is 1.41 bits per heavy atom. The third-order valence-electron chi connectivity index (χ3n) is 1.95. The Bertz CT molecular complexity index is 457. The molecule has 17 heavy (non-hydrogen) atoms. The molecule has 3 N–H and O–H groups in total. The van der Waals surface area contributed by atoms with Gasteiger partial charge in [0.2, 0.25) is 12.5 Å². The van der Waals surface area contributed by atoms with Crippen molar-refractivity contribution in [1.29, 1.82) is 0 Å². The van der Waals surface area contributed by atoms with Crippen LogP contribution in [0.3, 0.4) is 0 Å². The number of hydrogen-bond acceptors (Lipinski definition) is 3. The lowest BCUT2D eigenvalue weighted by Crippen LogP contribution is -2.39. The SMILES string of the molecule is CC(=O)C[n+]1cccc(C(=O)NCC(N)=O)c1. The van der Waals surface area contributed by atoms with Gasteiger partial charge in [-0.3, -0.25) is 14.4 Å². The van der Waals surface area contributed by atoms with Crippen molar-refractivity contribution in [2.45, 2.75) is 13.5 Å². The van der Waals surface area contributed by atoms with Gasteiger partial charge in [0.1, 0.15) is 5.56 Å². The maximum absolute atomic E-state index is 11.6. The van der Waals surface area contributed by atoms with E-state index in [9.17, 15) is 14.4 Å². The third kappa shape index (κ3) is 4.42. The van der Waals surface area contributed by atoms with E-state index in [2.05, 4.69) is 5.32 Å². The fourth-order valence-electron chi connectivity index (χ4n) is 1.28. The van der Waals surface area contributed by atoms with Crippen LogP contribution in [-0.2, 0) is 16.1 Å². The van der Waals surface area contributed by atoms with E-state index in [0.717, 1.165) is 0 Å². The molecule has 0 radical (unpaired) electrons. The fourth-order valence-corrected chi connectivity index (χ4v) is 1.28. The zero-order valence-electron chi connectivity index (χ0n) is 9.47. The van der Waals surface area contributed by atoms with E-state index in [1.165, 1.54) is 13.1 Å². The third-order valence-corrected chi connectivity index (χ3v) is 1.95. The van der Waals surface area contributed by atoms with E-state index in [1.807, 2.05) is 0 Å². The number of ketones is 1. The summed E-state index contributed by atoms with van der Waals surface area (Å²) in [7, 11) is 0. The van der Waals surface area contributed by atoms with E-state index in [-0.39, 0.29) is 18.9 Å². The molecule has 0 saturated carbocycles. The average Bonchev–Trinajstić information content (AvgIpc) is 2.25. The predicted octanol–water partition coefficient (Wildman–Crippen LogP) is -1.22. The molecule has 0 bridgehead atoms. The predicted molar refractivity (Wildman–Crippen MR) is 58.8 cm³/mol. The van der Waals surface area contributed by atoms with Crippen molar-refractivity contribution in [2.75, 3.05) is 6.54 Å². The molecule has 2 amide bonds. The Labute approximate surface area is 98.4 Å². The van der Waals surface area contributed by atoms with Crippen LogP contribution in [0.2, 0.25) is 0 Å². The molecule has 0 aliphatic rings. The highest BCUT2D eigenvalue weighted by Gasteiger charge is 2.11. The first-order chi connectivity index (χ1) is 7.99. The second-order valence-corrected chi connectivity index (χ2v) is 3.62. The Morgan fingerprint density at radius 2 is 2.12 bits per heavy atom. The Morgan fingerprint density at radius 3 is 2.71 bits per heavy atom. The first-order valence-corrected chi connectivity index (χ1v) is 5.04. The summed E-state index contributed by atoms with van der Waals surface area (Å²) in [5.74, 6) is -1.02. The van der Waals surface area contributed by atoms with Crippen LogP contribution in [0.1, 0.15) is 17.3 Å². The second-order valence-electron chi connectivity index (χ2n) is 3.62. The number of rotatable bonds is 5. The molecular weight excluding hydrogens is 222 g/mol. The van der Waals surface area contributed by atoms with Gasteiger partial charge >= 0.3 is 0 Å². The molecule has 0 aliphatic heterocycles. The highest BCUT2D eigenvalue weighted by molar-refractivity contribution is 5.95. The first-order valence-electron chi connectivity index (χ1n) is 5.04. The largest absolute Gasteiger partial charge is 0.368 e. The summed E-state index contributed by atoms with van der Waals surface area (Å²) in [5.41, 5.74) is 5.28. The lowest BCUT2D eigenvalue weighted by atomic mass is 10.2. The molecule has 0 spiro atoms. The molecule has 0 atom stereocenters. The summed E-state index contributed by atoms with van der Waals surface area (Å²) in [6, 6.07) is 3.25. The van der Waals surface area contributed by atoms with E-state index in [4.69, 9.17) is 5.73 Å². The van der Waals surface area contributed by atoms with E-state index in [0.29, 0.717) is 5.56 Å². The van der Waals surface area contributed by atoms with Gasteiger partial charge in [0.05, 0.1) is 6.54 Å². The number of carbonyl (C=O) groups excluding carboxylic acids is 3. The van der Waals surface area contributed by atoms with Crippen molar-refractivity contribution in [3.8, 4) is 0 Å². The minimum absolute atomic E-state index is 0.00954. The van der Waals surface area contributed by atoms with Gasteiger partial charge in [-0.15, -0.1) is 0 Å². The number of Topliss-reactive ketones (excluding diaryl/α,β-unsaturated/α-hetero) is 1. The number of carbonyl (C=O) groups is 3. The molecule has 1 rings (SSSR count). The molecule has 1 heterocycles. The average molecular weight is 236 g/mol. The zero-order valence-corrected chi connectivity index (χ0v) is 9.47. The van der Waals surface area contributed by atoms with Crippen molar-refractivity contribution in [3.63, 3.8) is 0 Å². The van der Waals surface area contributed by atoms with Gasteiger partial charge in [-0.05, 0) is 6.07 Å². The van der Waals surface area contributed by atoms with Crippen LogP contribution in [0, 0.1) is 0 Å². The topological polar surface area (TPSA) is 93.1 Å². The number of aromatic nitrogens is 1. The van der Waals surface area contributed by atoms with Gasteiger partial charge < -0.3 is 11.1 Å². The van der Waals surface area contributed by atoms with Gasteiger partial charge in [0.15, 0.2) is 18.2 Å². The number of amides is 2. The van der Waals surface area contributed by atoms with E-state index >= 15 is 0 Å². The molecule has 0 unspecified atom stereocenters. The maximum atomic E-state index is 11.6. The zero-order chi connectivity index (χ0) is 12.8. The molecule has 6 heteroatoms. The smallest absolute Gasteiger partial charge is 0.257 e. The lowest BCUT2D eigenvalue weighted by Gasteiger charge is -2.01. The molecule has 1 aromatic heterocycles. The van der Waals surface area contributed by atoms with Crippen molar-refractivity contribution in [3.05, 3.63) is 30.1 Å². The summed E-state index contributed by atoms with van der Waals surface area (Å²) in [4.78, 5) is 33.0. The van der Waals surface area contributed by atoms with Gasteiger partial charge in [-0.2, -0.15) is 4.57 Å². The van der Waals surface area contributed by atoms with Crippen molar-refractivity contribution in [1.82, 2.24) is 5.32 Å². The van der Waals surface area contributed by atoms with Crippen LogP contribution in [0.4, 0.5) is 0 Å². The maximum Gasteiger partial charge on any atom is 0.257 e. The van der Waals surface area contributed by atoms with Crippen molar-refractivity contribution >= 4 is 17.6 Å². The molecule has 6 nitrogen and oxygen atoms in total. The quantitative estimate of drug-likeness (QED) is 0.627. The summed E-state index contributed by atoms with van der Waals surface area (Å²) in [6.45, 7) is 1.46. The number of nitrogens with two attached hydrogens (primary N) is 1. The number of pyridine rings is 1. The molecular formula is C11H14N3O3+. The van der Waals surface area contributed by atoms with Gasteiger partial charge in [-0.1, -0.05) is 0 Å². The minimum Gasteiger partial charge on any atom is -0.368 e. The fraction of sp³-hybridized carbons (Fsp3) is 0.273. The van der Waals surface area contributed by atoms with Crippen LogP contribution >= 0.6 is 0 Å². The van der Waals surface area contributed by atoms with Crippen molar-refractivity contribution in [2.24, 2.45) is 5.73 Å². The highest BCUT2D eigenvalue weighted by atomic mass is 16.2. The molecule has 0 fully saturated rings. The lowest BCUT2D eigenvalue weighted by molar-refractivity contribution is -0.684. The van der Waals surface area contributed by atoms with Gasteiger partial charge in [-0.25, -0.2) is 0 Å². The van der Waals surface area contributed by atoms with E-state index in [1.54, 1.807) is 22.9 Å². The summed E-state index contributed by atoms with van der Waals surface area (Å²) < 4.78 is 1.60. The molecule has 90 valence electrons. The summed E-state index contributed by atoms with van der Waals surface area (Å²) >= 11 is 0. The summed E-state index contributed by atoms with van der Waals surface area (Å²) in [6.07, 6.45) is 3.23. The Balaban J connectivity index is 2.73. The normalized spacial score (nSPS) is 9.71. The Kier molecular flexibility index (Phi) is 4.33. The highest BCUT2D eigenvalue weighted by Crippen LogP contribution is 1.94. The molecule has 1 aromatic rings. The van der Waals surface area contributed by atoms with Gasteiger partial charge in [0, 0.05) is 13.0 Å². The first kappa shape index (κ1) is 12.8. The minimum atomic E-state index is -0.606. The molecule has 0 aromatic carbocycles. The standard InChI is InChI=1S/C11H13N3O3/c1-8(15)6-14-4-2-3-9(7-14)11(17)13-5-10(12)16/h2-4,7H,5-6H2,1H3,(H2-,12,13,16,17)/p+1. The van der Waals surface area contributed by atoms with Gasteiger partial charge in [0.25, 0.3) is 5.91 Å². The molecule has 0 aliphatic carbocycles. The number of nitrogens with zero attached hydrogens (tertiary/aromatic N) is 1. The second kappa shape index (κ2) is 5.74. The van der Waals surface area contributed by atoms with Crippen LogP contribution in [0.15, 0.2) is 24.5 Å². The van der Waals surface area contributed by atoms with Crippen LogP contribution < -0.4 is 15.6 Å². The van der Waals surface area contributed by atoms with Crippen molar-refractivity contribution < 1.29 is 19.0 Å². The number of nitrogens with one attached hydrogen (secondary N) is 1. The van der Waals surface area contributed by atoms with Crippen LogP contribution in [-0.4, -0.2) is 24.1 Å². The molecule has 0 saturated heterocycles.